The molecule has 0 rings (SSSR count). The lowest BCUT2D eigenvalue weighted by atomic mass is 10.2. The Morgan fingerprint density at radius 3 is 1.14 bits per heavy atom. The second-order valence-corrected chi connectivity index (χ2v) is 13.3. The van der Waals surface area contributed by atoms with Crippen molar-refractivity contribution in [2.75, 3.05) is 46.1 Å². The molecule has 29 heavy (non-hydrogen) atoms. The van der Waals surface area contributed by atoms with E-state index in [0.717, 1.165) is 84.6 Å². The van der Waals surface area contributed by atoms with Crippen LogP contribution in [0.1, 0.15) is 87.0 Å². The summed E-state index contributed by atoms with van der Waals surface area (Å²) in [5.41, 5.74) is 1.09. The third-order valence-electron chi connectivity index (χ3n) is 5.12. The standard InChI is InChI=1S/C22H51NO4Si2/c1-8-17-24-28(25-18-9-2)21(6)13-15-23(12-5)16-14-22(7)29(26-19-10-3)27-20-11-4/h21-22,28-29H,8-20H2,1-7H3. The quantitative estimate of drug-likeness (QED) is 0.230. The average molecular weight is 450 g/mol. The van der Waals surface area contributed by atoms with Crippen molar-refractivity contribution in [1.29, 1.82) is 0 Å². The van der Waals surface area contributed by atoms with Gasteiger partial charge in [0, 0.05) is 26.4 Å². The summed E-state index contributed by atoms with van der Waals surface area (Å²) in [6.45, 7) is 22.2. The van der Waals surface area contributed by atoms with E-state index in [9.17, 15) is 0 Å². The molecule has 0 spiro atoms. The lowest BCUT2D eigenvalue weighted by Gasteiger charge is -2.28. The molecule has 0 aromatic rings. The van der Waals surface area contributed by atoms with Gasteiger partial charge in [0.15, 0.2) is 0 Å². The van der Waals surface area contributed by atoms with Crippen molar-refractivity contribution in [1.82, 2.24) is 4.90 Å². The maximum Gasteiger partial charge on any atom is 0.324 e. The highest BCUT2D eigenvalue weighted by molar-refractivity contribution is 6.46. The van der Waals surface area contributed by atoms with Gasteiger partial charge in [0.2, 0.25) is 0 Å². The Labute approximate surface area is 185 Å². The summed E-state index contributed by atoms with van der Waals surface area (Å²) in [6, 6.07) is 0. The maximum atomic E-state index is 6.10. The van der Waals surface area contributed by atoms with E-state index in [1.165, 1.54) is 0 Å². The molecule has 0 saturated carbocycles. The molecule has 0 fully saturated rings. The van der Waals surface area contributed by atoms with Gasteiger partial charge in [-0.2, -0.15) is 0 Å². The van der Waals surface area contributed by atoms with Gasteiger partial charge >= 0.3 is 18.6 Å². The van der Waals surface area contributed by atoms with Gasteiger partial charge in [0.25, 0.3) is 0 Å². The molecule has 176 valence electrons. The second-order valence-electron chi connectivity index (χ2n) is 8.19. The van der Waals surface area contributed by atoms with Crippen LogP contribution in [0.3, 0.4) is 0 Å². The summed E-state index contributed by atoms with van der Waals surface area (Å²) in [7, 11) is -3.15. The van der Waals surface area contributed by atoms with Gasteiger partial charge in [0.05, 0.1) is 0 Å². The molecule has 0 saturated heterocycles. The third kappa shape index (κ3) is 14.8. The molecule has 0 aromatic carbocycles. The summed E-state index contributed by atoms with van der Waals surface area (Å²) in [6.07, 6.45) is 6.58. The van der Waals surface area contributed by atoms with Crippen LogP contribution in [0.25, 0.3) is 0 Å². The molecule has 0 heterocycles. The first-order chi connectivity index (χ1) is 14.0. The molecule has 2 unspecified atom stereocenters. The Morgan fingerprint density at radius 2 is 0.897 bits per heavy atom. The average Bonchev–Trinajstić information content (AvgIpc) is 2.73. The molecule has 0 aliphatic rings. The van der Waals surface area contributed by atoms with Crippen molar-refractivity contribution in [3.63, 3.8) is 0 Å². The van der Waals surface area contributed by atoms with Crippen LogP contribution in [-0.2, 0) is 17.7 Å². The summed E-state index contributed by atoms with van der Waals surface area (Å²) in [5.74, 6) is 0. The molecule has 7 heteroatoms. The van der Waals surface area contributed by atoms with Gasteiger partial charge < -0.3 is 22.6 Å². The summed E-state index contributed by atoms with van der Waals surface area (Å²) in [5, 5.41) is 0. The first-order valence-corrected chi connectivity index (χ1v) is 15.4. The van der Waals surface area contributed by atoms with Gasteiger partial charge in [-0.15, -0.1) is 0 Å². The van der Waals surface area contributed by atoms with Crippen molar-refractivity contribution in [3.8, 4) is 0 Å². The molecule has 0 amide bonds. The van der Waals surface area contributed by atoms with Crippen LogP contribution >= 0.6 is 0 Å². The zero-order valence-corrected chi connectivity index (χ0v) is 22.9. The fourth-order valence-electron chi connectivity index (χ4n) is 3.16. The largest absolute Gasteiger partial charge is 0.396 e. The fraction of sp³-hybridized carbons (Fsp3) is 1.00. The maximum absolute atomic E-state index is 6.10. The zero-order chi connectivity index (χ0) is 21.9. The molecule has 0 aliphatic heterocycles. The van der Waals surface area contributed by atoms with Crippen molar-refractivity contribution >= 4 is 18.6 Å². The smallest absolute Gasteiger partial charge is 0.324 e. The molecule has 0 N–H and O–H groups in total. The van der Waals surface area contributed by atoms with Crippen LogP contribution in [0.2, 0.25) is 11.1 Å². The van der Waals surface area contributed by atoms with E-state index in [1.807, 2.05) is 0 Å². The Bertz CT molecular complexity index is 307. The first kappa shape index (κ1) is 29.2. The van der Waals surface area contributed by atoms with Crippen molar-refractivity contribution < 1.29 is 17.7 Å². The summed E-state index contributed by atoms with van der Waals surface area (Å²) in [4.78, 5) is 2.57. The molecule has 0 bridgehead atoms. The molecule has 2 atom stereocenters. The van der Waals surface area contributed by atoms with Crippen LogP contribution in [-0.4, -0.2) is 69.5 Å². The molecular formula is C22H51NO4Si2. The highest BCUT2D eigenvalue weighted by Gasteiger charge is 2.24. The molecule has 0 radical (unpaired) electrons. The van der Waals surface area contributed by atoms with Crippen molar-refractivity contribution in [2.45, 2.75) is 98.1 Å². The van der Waals surface area contributed by atoms with Crippen LogP contribution in [0, 0.1) is 0 Å². The minimum absolute atomic E-state index is 0.544. The summed E-state index contributed by atoms with van der Waals surface area (Å²) >= 11 is 0. The van der Waals surface area contributed by atoms with Crippen LogP contribution in [0.4, 0.5) is 0 Å². The SMILES string of the molecule is CCCO[SiH](OCCC)C(C)CCN(CC)CCC(C)[SiH](OCCC)OCCC. The minimum atomic E-state index is -1.58. The van der Waals surface area contributed by atoms with Crippen molar-refractivity contribution in [3.05, 3.63) is 0 Å². The van der Waals surface area contributed by atoms with Gasteiger partial charge in [-0.3, -0.25) is 0 Å². The second kappa shape index (κ2) is 20.2. The third-order valence-corrected chi connectivity index (χ3v) is 9.90. The highest BCUT2D eigenvalue weighted by atomic mass is 28.3. The van der Waals surface area contributed by atoms with Gasteiger partial charge in [-0.1, -0.05) is 48.5 Å². The predicted octanol–water partition coefficient (Wildman–Crippen LogP) is 5.02. The summed E-state index contributed by atoms with van der Waals surface area (Å²) < 4.78 is 24.4. The zero-order valence-electron chi connectivity index (χ0n) is 20.6. The van der Waals surface area contributed by atoms with Crippen LogP contribution in [0.5, 0.6) is 0 Å². The Morgan fingerprint density at radius 1 is 0.586 bits per heavy atom. The Balaban J connectivity index is 4.46. The topological polar surface area (TPSA) is 40.2 Å². The number of nitrogens with zero attached hydrogens (tertiary/aromatic N) is 1. The molecule has 5 nitrogen and oxygen atoms in total. The van der Waals surface area contributed by atoms with Gasteiger partial charge in [0.1, 0.15) is 0 Å². The number of hydrogen-bond donors (Lipinski definition) is 0. The van der Waals surface area contributed by atoms with Gasteiger partial charge in [-0.25, -0.2) is 0 Å². The molecule has 0 aliphatic carbocycles. The van der Waals surface area contributed by atoms with E-state index in [2.05, 4.69) is 53.4 Å². The molecular weight excluding hydrogens is 398 g/mol. The van der Waals surface area contributed by atoms with Crippen LogP contribution in [0.15, 0.2) is 0 Å². The van der Waals surface area contributed by atoms with Crippen molar-refractivity contribution in [2.24, 2.45) is 0 Å². The van der Waals surface area contributed by atoms with E-state index >= 15 is 0 Å². The van der Waals surface area contributed by atoms with E-state index in [1.54, 1.807) is 0 Å². The Kier molecular flexibility index (Phi) is 20.3. The molecule has 0 aromatic heterocycles. The highest BCUT2D eigenvalue weighted by Crippen LogP contribution is 2.20. The number of rotatable bonds is 21. The fourth-order valence-corrected chi connectivity index (χ4v) is 7.38. The van der Waals surface area contributed by atoms with E-state index in [4.69, 9.17) is 17.7 Å². The lowest BCUT2D eigenvalue weighted by Crippen LogP contribution is -2.34. The minimum Gasteiger partial charge on any atom is -0.396 e. The van der Waals surface area contributed by atoms with Gasteiger partial charge in [-0.05, 0) is 69.2 Å². The normalized spacial score (nSPS) is 14.3. The van der Waals surface area contributed by atoms with E-state index < -0.39 is 18.6 Å². The lowest BCUT2D eigenvalue weighted by molar-refractivity contribution is 0.179. The Hall–Kier alpha value is 0.234. The number of hydrogen-bond acceptors (Lipinski definition) is 5. The monoisotopic (exact) mass is 449 g/mol. The first-order valence-electron chi connectivity index (χ1n) is 12.2. The van der Waals surface area contributed by atoms with E-state index in [-0.39, 0.29) is 0 Å². The van der Waals surface area contributed by atoms with Crippen LogP contribution < -0.4 is 0 Å². The van der Waals surface area contributed by atoms with E-state index in [0.29, 0.717) is 11.1 Å². The predicted molar refractivity (Wildman–Crippen MR) is 129 cm³/mol.